The van der Waals surface area contributed by atoms with Crippen molar-refractivity contribution in [2.45, 2.75) is 125 Å². The van der Waals surface area contributed by atoms with Gasteiger partial charge in [0.2, 0.25) is 0 Å². The molecule has 0 saturated carbocycles. The molecule has 0 bridgehead atoms. The number of aryl methyl sites for hydroxylation is 18. The minimum absolute atomic E-state index is 1.31. The van der Waals surface area contributed by atoms with Crippen molar-refractivity contribution < 1.29 is 0 Å². The lowest BCUT2D eigenvalue weighted by Gasteiger charge is -2.14. The predicted octanol–water partition coefficient (Wildman–Crippen LogP) is 38.4. The van der Waals surface area contributed by atoms with Gasteiger partial charge in [-0.1, -0.05) is 474 Å². The van der Waals surface area contributed by atoms with Crippen molar-refractivity contribution in [2.75, 3.05) is 0 Å². The van der Waals surface area contributed by atoms with Crippen molar-refractivity contribution in [2.24, 2.45) is 0 Å². The lowest BCUT2D eigenvalue weighted by Crippen LogP contribution is -1.89. The molecule has 0 radical (unpaired) electrons. The quantitative estimate of drug-likeness (QED) is 0.151. The molecule has 0 aromatic heterocycles. The molecule has 0 aliphatic heterocycles. The standard InChI is InChI=1S/C20H18.C18H14.3C16H14.4C12H12/c1-15-9-3-5-11-17(15)19-13-7-8-14-20(19)18-12-6-4-10-16(18)2;1-11-6-8-14-16-9-7-12(2)13-4-3-5-15(18(13)16)17(14)10-11;1-11-3-7-15-13(9-11)5-6-14-10-12(2)4-8-16(14)15;1-11-4-8-15-14(9-11)7-6-13-5-3-12(2)10-16(13)15;1-11-3-5-13-7-8-14-6-4-12(2)10-16(14)15(13)9-11;1-9-3-5-12-8-10(2)4-6-11(12)7-9;1-9-3-5-11-6-4-10(2)8-12(11)7-9;1-9-5-3-8-12-10(2)6-4-7-11(9)12;1-9-7-8-10(2)12-6-4-3-5-11(9)12/h3-14H,1-2H3;3-10H,1-2H3;3*3-10H,1-2H3;4*3-8H,1-2H3. The highest BCUT2D eigenvalue weighted by Crippen LogP contribution is 2.48. The second-order valence-corrected chi connectivity index (χ2v) is 37.1. The number of fused-ring (bicyclic) bond motifs is 16. The zero-order chi connectivity index (χ0) is 93.8. The van der Waals surface area contributed by atoms with Gasteiger partial charge < -0.3 is 0 Å². The summed E-state index contributed by atoms with van der Waals surface area (Å²) in [6.07, 6.45) is 0. The summed E-state index contributed by atoms with van der Waals surface area (Å²) >= 11 is 0. The third-order valence-corrected chi connectivity index (χ3v) is 26.3. The lowest BCUT2D eigenvalue weighted by atomic mass is 9.90. The van der Waals surface area contributed by atoms with Gasteiger partial charge in [-0.25, -0.2) is 0 Å². The van der Waals surface area contributed by atoms with Crippen molar-refractivity contribution in [1.29, 1.82) is 0 Å². The van der Waals surface area contributed by atoms with Gasteiger partial charge >= 0.3 is 0 Å². The van der Waals surface area contributed by atoms with Gasteiger partial charge in [0, 0.05) is 0 Å². The Balaban J connectivity index is 0.000000110. The molecule has 0 atom stereocenters. The second-order valence-electron chi connectivity index (χ2n) is 37.1. The van der Waals surface area contributed by atoms with Crippen LogP contribution in [0.5, 0.6) is 0 Å². The van der Waals surface area contributed by atoms with E-state index in [2.05, 4.69) is 537 Å². The molecule has 0 amide bonds. The van der Waals surface area contributed by atoms with E-state index in [4.69, 9.17) is 0 Å². The van der Waals surface area contributed by atoms with E-state index >= 15 is 0 Å². The van der Waals surface area contributed by atoms with Crippen LogP contribution in [0.4, 0.5) is 0 Å². The Morgan fingerprint density at radius 2 is 0.321 bits per heavy atom. The van der Waals surface area contributed by atoms with Gasteiger partial charge in [0.1, 0.15) is 0 Å². The first kappa shape index (κ1) is 92.2. The summed E-state index contributed by atoms with van der Waals surface area (Å²) in [5, 5.41) is 29.7. The van der Waals surface area contributed by atoms with Gasteiger partial charge in [-0.15, -0.1) is 0 Å². The molecule has 0 heteroatoms. The van der Waals surface area contributed by atoms with E-state index in [9.17, 15) is 0 Å². The summed E-state index contributed by atoms with van der Waals surface area (Å²) in [5.74, 6) is 0. The summed E-state index contributed by atoms with van der Waals surface area (Å²) in [6.45, 7) is 38.7. The van der Waals surface area contributed by atoms with Crippen molar-refractivity contribution in [3.63, 3.8) is 0 Å². The van der Waals surface area contributed by atoms with Crippen LogP contribution < -0.4 is 0 Å². The third-order valence-electron chi connectivity index (χ3n) is 26.3. The molecule has 1 aliphatic rings. The minimum Gasteiger partial charge on any atom is -0.0620 e. The zero-order valence-corrected chi connectivity index (χ0v) is 81.3. The highest BCUT2D eigenvalue weighted by Gasteiger charge is 2.22. The van der Waals surface area contributed by atoms with Crippen molar-refractivity contribution in [3.8, 4) is 44.5 Å². The van der Waals surface area contributed by atoms with Crippen LogP contribution in [0.15, 0.2) is 413 Å². The van der Waals surface area contributed by atoms with E-state index in [1.54, 1.807) is 0 Å². The molecule has 0 nitrogen and oxygen atoms in total. The number of hydrogen-bond acceptors (Lipinski definition) is 0. The average Bonchev–Trinajstić information content (AvgIpc) is 1.58. The van der Waals surface area contributed by atoms with E-state index in [1.165, 1.54) is 263 Å². The Morgan fingerprint density at radius 3 is 0.731 bits per heavy atom. The first-order valence-electron chi connectivity index (χ1n) is 47.2. The fraction of sp³-hybridized carbons (Fsp3) is 0.134. The summed E-state index contributed by atoms with van der Waals surface area (Å²) in [4.78, 5) is 0. The molecule has 23 aromatic rings. The molecule has 0 N–H and O–H groups in total. The predicted molar refractivity (Wildman–Crippen MR) is 591 cm³/mol. The van der Waals surface area contributed by atoms with E-state index in [0.717, 1.165) is 0 Å². The molecule has 0 unspecified atom stereocenters. The summed E-state index contributed by atoms with van der Waals surface area (Å²) in [7, 11) is 0. The number of benzene rings is 23. The van der Waals surface area contributed by atoms with Crippen LogP contribution in [0.2, 0.25) is 0 Å². The normalized spacial score (nSPS) is 10.9. The Kier molecular flexibility index (Phi) is 28.6. The molecule has 0 heterocycles. The van der Waals surface area contributed by atoms with Gasteiger partial charge in [0.15, 0.2) is 0 Å². The average molecular weight is 1730 g/mol. The Morgan fingerprint density at radius 1 is 0.0970 bits per heavy atom. The van der Waals surface area contributed by atoms with Crippen LogP contribution in [0.25, 0.3) is 163 Å². The van der Waals surface area contributed by atoms with Crippen LogP contribution in [-0.2, 0) is 0 Å². The van der Waals surface area contributed by atoms with Crippen LogP contribution in [-0.4, -0.2) is 0 Å². The minimum atomic E-state index is 1.31. The first-order chi connectivity index (χ1) is 64.8. The van der Waals surface area contributed by atoms with Crippen LogP contribution >= 0.6 is 0 Å². The Labute approximate surface area is 794 Å². The largest absolute Gasteiger partial charge is 0.0620 e. The summed E-state index contributed by atoms with van der Waals surface area (Å²) in [5.41, 5.74) is 34.8. The van der Waals surface area contributed by atoms with E-state index < -0.39 is 0 Å². The molecule has 0 spiro atoms. The van der Waals surface area contributed by atoms with Crippen LogP contribution in [0.1, 0.15) is 100 Å². The zero-order valence-electron chi connectivity index (χ0n) is 81.3. The van der Waals surface area contributed by atoms with Gasteiger partial charge in [0.25, 0.3) is 0 Å². The summed E-state index contributed by atoms with van der Waals surface area (Å²) < 4.78 is 0. The molecule has 23 aromatic carbocycles. The Hall–Kier alpha value is -15.1. The molecule has 1 aliphatic carbocycles. The maximum absolute atomic E-state index is 2.30. The van der Waals surface area contributed by atoms with Crippen molar-refractivity contribution >= 4 is 118 Å². The van der Waals surface area contributed by atoms with Gasteiger partial charge in [-0.05, 0) is 327 Å². The monoisotopic (exact) mass is 1730 g/mol. The number of rotatable bonds is 2. The van der Waals surface area contributed by atoms with E-state index in [1.807, 2.05) is 0 Å². The highest BCUT2D eigenvalue weighted by atomic mass is 14.3. The molecule has 24 rings (SSSR count). The SMILES string of the molecule is Cc1ccc(C)c2ccccc12.Cc1ccc2c(c1)-c1cccc3c(C)ccc-2c13.Cc1ccc2c(ccc3cc(C)ccc32)c1.Cc1ccc2c(ccc3ccc(C)cc32)c1.Cc1ccc2cc(C)ccc2c1.Cc1ccc2ccc(C)cc2c1.Cc1ccc2ccc3ccc(C)cc3c2c1.Cc1cccc2c(C)cccc12.Cc1ccccc1-c1ccccc1-c1ccccc1C. The number of hydrogen-bond donors (Lipinski definition) is 0. The highest BCUT2D eigenvalue weighted by molar-refractivity contribution is 6.16. The maximum Gasteiger partial charge on any atom is -0.00237 e. The fourth-order valence-corrected chi connectivity index (χ4v) is 18.9. The van der Waals surface area contributed by atoms with Crippen LogP contribution in [0, 0.1) is 125 Å². The molecular weight excluding hydrogens is 1610 g/mol. The molecule has 0 fully saturated rings. The fourth-order valence-electron chi connectivity index (χ4n) is 18.9. The van der Waals surface area contributed by atoms with Crippen molar-refractivity contribution in [3.05, 3.63) is 513 Å². The smallest absolute Gasteiger partial charge is 0.00237 e. The molecule has 658 valence electrons. The van der Waals surface area contributed by atoms with E-state index in [0.29, 0.717) is 0 Å². The van der Waals surface area contributed by atoms with E-state index in [-0.39, 0.29) is 0 Å². The molecular formula is C134H122. The van der Waals surface area contributed by atoms with Gasteiger partial charge in [-0.3, -0.25) is 0 Å². The summed E-state index contributed by atoms with van der Waals surface area (Å²) in [6, 6.07) is 149. The van der Waals surface area contributed by atoms with Crippen LogP contribution in [0.3, 0.4) is 0 Å². The second kappa shape index (κ2) is 41.6. The lowest BCUT2D eigenvalue weighted by molar-refractivity contribution is 1.43. The molecule has 0 saturated heterocycles. The van der Waals surface area contributed by atoms with Crippen molar-refractivity contribution in [1.82, 2.24) is 0 Å². The Bertz CT molecular complexity index is 7890. The topological polar surface area (TPSA) is 0 Å². The molecule has 134 heavy (non-hydrogen) atoms. The third kappa shape index (κ3) is 21.4. The first-order valence-corrected chi connectivity index (χ1v) is 47.2. The van der Waals surface area contributed by atoms with Gasteiger partial charge in [0.05, 0.1) is 0 Å². The van der Waals surface area contributed by atoms with Gasteiger partial charge in [-0.2, -0.15) is 0 Å². The maximum atomic E-state index is 2.30.